The lowest BCUT2D eigenvalue weighted by Gasteiger charge is -2.32. The van der Waals surface area contributed by atoms with Crippen molar-refractivity contribution in [3.8, 4) is 0 Å². The van der Waals surface area contributed by atoms with Crippen molar-refractivity contribution in [3.63, 3.8) is 0 Å². The number of hydrogen-bond acceptors (Lipinski definition) is 4. The minimum Gasteiger partial charge on any atom is -0.462 e. The largest absolute Gasteiger partial charge is 0.494 e. The normalized spacial score (nSPS) is 18.7. The highest BCUT2D eigenvalue weighted by molar-refractivity contribution is 6.62. The van der Waals surface area contributed by atoms with Gasteiger partial charge in [0.1, 0.15) is 0 Å². The lowest BCUT2D eigenvalue weighted by molar-refractivity contribution is 0.00578. The van der Waals surface area contributed by atoms with Crippen LogP contribution in [0.1, 0.15) is 50.9 Å². The number of carbonyl (C=O) groups excluding carboxylic acids is 1. The van der Waals surface area contributed by atoms with Crippen LogP contribution in [-0.2, 0) is 14.0 Å². The van der Waals surface area contributed by atoms with Crippen LogP contribution in [0, 0.1) is 0 Å². The maximum atomic E-state index is 12.1. The number of carbonyl (C=O) groups is 1. The van der Waals surface area contributed by atoms with Gasteiger partial charge in [0.25, 0.3) is 0 Å². The molecule has 1 heterocycles. The van der Waals surface area contributed by atoms with Gasteiger partial charge in [0, 0.05) is 0 Å². The second-order valence-corrected chi connectivity index (χ2v) is 6.78. The molecule has 124 valence electrons. The zero-order valence-corrected chi connectivity index (χ0v) is 14.4. The van der Waals surface area contributed by atoms with Gasteiger partial charge in [-0.2, -0.15) is 0 Å². The van der Waals surface area contributed by atoms with E-state index < -0.39 is 18.3 Å². The molecule has 0 atom stereocenters. The summed E-state index contributed by atoms with van der Waals surface area (Å²) < 4.78 is 17.3. The Hall–Kier alpha value is -1.59. The summed E-state index contributed by atoms with van der Waals surface area (Å²) in [4.78, 5) is 12.1. The summed E-state index contributed by atoms with van der Waals surface area (Å²) in [6.07, 6.45) is 3.43. The maximum Gasteiger partial charge on any atom is 0.494 e. The van der Waals surface area contributed by atoms with Gasteiger partial charge in [-0.25, -0.2) is 4.79 Å². The third-order valence-corrected chi connectivity index (χ3v) is 4.43. The average molecular weight is 316 g/mol. The van der Waals surface area contributed by atoms with Crippen LogP contribution in [0.15, 0.2) is 36.9 Å². The summed E-state index contributed by atoms with van der Waals surface area (Å²) in [5, 5.41) is 0. The van der Waals surface area contributed by atoms with E-state index in [4.69, 9.17) is 14.0 Å². The smallest absolute Gasteiger partial charge is 0.462 e. The molecule has 0 N–H and O–H groups in total. The van der Waals surface area contributed by atoms with Crippen LogP contribution in [0.3, 0.4) is 0 Å². The van der Waals surface area contributed by atoms with Gasteiger partial charge in [0.05, 0.1) is 23.4 Å². The van der Waals surface area contributed by atoms with Crippen LogP contribution in [0.5, 0.6) is 0 Å². The van der Waals surface area contributed by atoms with E-state index in [2.05, 4.69) is 6.58 Å². The van der Waals surface area contributed by atoms with Crippen LogP contribution >= 0.6 is 0 Å². The molecule has 2 rings (SSSR count). The highest BCUT2D eigenvalue weighted by Crippen LogP contribution is 2.36. The molecule has 0 unspecified atom stereocenters. The topological polar surface area (TPSA) is 44.8 Å². The van der Waals surface area contributed by atoms with E-state index in [-0.39, 0.29) is 5.97 Å². The van der Waals surface area contributed by atoms with Crippen molar-refractivity contribution in [1.29, 1.82) is 0 Å². The first-order valence-electron chi connectivity index (χ1n) is 8.00. The van der Waals surface area contributed by atoms with Crippen molar-refractivity contribution in [1.82, 2.24) is 0 Å². The van der Waals surface area contributed by atoms with Gasteiger partial charge in [-0.1, -0.05) is 18.2 Å². The number of rotatable bonds is 6. The molecule has 1 saturated heterocycles. The molecule has 0 radical (unpaired) electrons. The first kappa shape index (κ1) is 17.8. The van der Waals surface area contributed by atoms with Gasteiger partial charge in [-0.15, -0.1) is 6.58 Å². The van der Waals surface area contributed by atoms with Crippen molar-refractivity contribution in [2.24, 2.45) is 0 Å². The molecule has 4 nitrogen and oxygen atoms in total. The van der Waals surface area contributed by atoms with Crippen LogP contribution in [-0.4, -0.2) is 30.9 Å². The van der Waals surface area contributed by atoms with E-state index in [0.717, 1.165) is 18.3 Å². The summed E-state index contributed by atoms with van der Waals surface area (Å²) in [6.45, 7) is 12.1. The second-order valence-electron chi connectivity index (χ2n) is 6.78. The van der Waals surface area contributed by atoms with Gasteiger partial charge >= 0.3 is 13.1 Å². The molecule has 0 amide bonds. The van der Waals surface area contributed by atoms with Crippen LogP contribution in [0.4, 0.5) is 0 Å². The molecule has 1 aliphatic heterocycles. The minimum absolute atomic E-state index is 0.326. The zero-order valence-electron chi connectivity index (χ0n) is 14.4. The Balaban J connectivity index is 2.06. The Morgan fingerprint density at radius 3 is 2.52 bits per heavy atom. The summed E-state index contributed by atoms with van der Waals surface area (Å²) in [5.41, 5.74) is 0.526. The predicted molar refractivity (Wildman–Crippen MR) is 91.9 cm³/mol. The molecule has 5 heteroatoms. The zero-order chi connectivity index (χ0) is 17.1. The van der Waals surface area contributed by atoms with Crippen molar-refractivity contribution < 1.29 is 18.8 Å². The maximum absolute atomic E-state index is 12.1. The van der Waals surface area contributed by atoms with Crippen LogP contribution < -0.4 is 5.46 Å². The Bertz CT molecular complexity index is 564. The molecule has 0 aliphatic carbocycles. The quantitative estimate of drug-likeness (QED) is 0.350. The van der Waals surface area contributed by atoms with Crippen LogP contribution in [0.2, 0.25) is 0 Å². The molecular formula is C18H25BO4. The summed E-state index contributed by atoms with van der Waals surface area (Å²) in [6, 6.07) is 7.24. The molecule has 0 saturated carbocycles. The SMILES string of the molecule is C=CCCCOC(=O)c1cccc(B2OC(C)(C)C(C)(C)O2)c1. The average Bonchev–Trinajstić information content (AvgIpc) is 2.72. The Kier molecular flexibility index (Phi) is 5.32. The molecule has 1 fully saturated rings. The van der Waals surface area contributed by atoms with E-state index in [1.54, 1.807) is 12.1 Å². The fourth-order valence-corrected chi connectivity index (χ4v) is 2.27. The molecule has 0 spiro atoms. The van der Waals surface area contributed by atoms with E-state index in [0.29, 0.717) is 12.2 Å². The number of benzene rings is 1. The first-order valence-corrected chi connectivity index (χ1v) is 8.00. The monoisotopic (exact) mass is 316 g/mol. The lowest BCUT2D eigenvalue weighted by atomic mass is 9.78. The highest BCUT2D eigenvalue weighted by Gasteiger charge is 2.51. The van der Waals surface area contributed by atoms with Crippen molar-refractivity contribution in [2.45, 2.75) is 51.7 Å². The fourth-order valence-electron chi connectivity index (χ4n) is 2.27. The second kappa shape index (κ2) is 6.89. The molecule has 1 aromatic carbocycles. The van der Waals surface area contributed by atoms with E-state index in [9.17, 15) is 4.79 Å². The Morgan fingerprint density at radius 1 is 1.26 bits per heavy atom. The van der Waals surface area contributed by atoms with Crippen molar-refractivity contribution in [2.75, 3.05) is 6.61 Å². The number of esters is 1. The number of ether oxygens (including phenoxy) is 1. The Morgan fingerprint density at radius 2 is 1.91 bits per heavy atom. The third-order valence-electron chi connectivity index (χ3n) is 4.43. The minimum atomic E-state index is -0.478. The summed E-state index contributed by atoms with van der Waals surface area (Å²) >= 11 is 0. The first-order chi connectivity index (χ1) is 10.8. The molecule has 23 heavy (non-hydrogen) atoms. The van der Waals surface area contributed by atoms with Gasteiger partial charge < -0.3 is 14.0 Å². The van der Waals surface area contributed by atoms with E-state index in [1.807, 2.05) is 45.9 Å². The lowest BCUT2D eigenvalue weighted by Crippen LogP contribution is -2.41. The van der Waals surface area contributed by atoms with Gasteiger partial charge in [-0.3, -0.25) is 0 Å². The standard InChI is InChI=1S/C18H25BO4/c1-6-7-8-12-21-16(20)14-10-9-11-15(13-14)19-22-17(2,3)18(4,5)23-19/h6,9-11,13H,1,7-8,12H2,2-5H3. The van der Waals surface area contributed by atoms with Gasteiger partial charge in [0.2, 0.25) is 0 Å². The van der Waals surface area contributed by atoms with Crippen molar-refractivity contribution in [3.05, 3.63) is 42.5 Å². The number of unbranched alkanes of at least 4 members (excludes halogenated alkanes) is 1. The number of allylic oxidation sites excluding steroid dienone is 1. The molecule has 0 bridgehead atoms. The fraction of sp³-hybridized carbons (Fsp3) is 0.500. The predicted octanol–water partition coefficient (Wildman–Crippen LogP) is 3.11. The van der Waals surface area contributed by atoms with Gasteiger partial charge in [-0.05, 0) is 58.1 Å². The van der Waals surface area contributed by atoms with Crippen LogP contribution in [0.25, 0.3) is 0 Å². The summed E-state index contributed by atoms with van der Waals surface area (Å²) in [7, 11) is -0.478. The number of hydrogen-bond donors (Lipinski definition) is 0. The third kappa shape index (κ3) is 4.04. The Labute approximate surface area is 139 Å². The molecule has 1 aliphatic rings. The highest BCUT2D eigenvalue weighted by atomic mass is 16.7. The van der Waals surface area contributed by atoms with Crippen molar-refractivity contribution >= 4 is 18.6 Å². The van der Waals surface area contributed by atoms with E-state index >= 15 is 0 Å². The molecule has 0 aromatic heterocycles. The molecular weight excluding hydrogens is 291 g/mol. The van der Waals surface area contributed by atoms with Gasteiger partial charge in [0.15, 0.2) is 0 Å². The summed E-state index contributed by atoms with van der Waals surface area (Å²) in [5.74, 6) is -0.326. The van der Waals surface area contributed by atoms with E-state index in [1.165, 1.54) is 0 Å². The molecule has 1 aromatic rings.